The number of ether oxygens (including phenoxy) is 1. The first kappa shape index (κ1) is 18.1. The van der Waals surface area contributed by atoms with Crippen molar-refractivity contribution in [3.63, 3.8) is 0 Å². The van der Waals surface area contributed by atoms with E-state index in [-0.39, 0.29) is 0 Å². The molecule has 1 aliphatic rings. The Hall–Kier alpha value is 0.0600. The normalized spacial score (nSPS) is 38.5. The SMILES string of the molecule is O=P(O)(O)OP(=O)(O)O[C@H]1O[C@H](CO)[C@@H](O)[C@H](O)[C@@H]1O. The molecule has 1 heterocycles. The van der Waals surface area contributed by atoms with Gasteiger partial charge in [0.05, 0.1) is 6.61 Å². The molecule has 12 nitrogen and oxygen atoms in total. The Labute approximate surface area is 112 Å². The molecular weight excluding hydrogens is 326 g/mol. The van der Waals surface area contributed by atoms with Crippen LogP contribution in [0, 0.1) is 0 Å². The maximum absolute atomic E-state index is 11.2. The summed E-state index contributed by atoms with van der Waals surface area (Å²) in [5, 5.41) is 37.1. The van der Waals surface area contributed by atoms with E-state index in [1.54, 1.807) is 0 Å². The highest BCUT2D eigenvalue weighted by Crippen LogP contribution is 2.58. The van der Waals surface area contributed by atoms with Crippen molar-refractivity contribution in [2.45, 2.75) is 30.7 Å². The van der Waals surface area contributed by atoms with Crippen LogP contribution < -0.4 is 0 Å². The fraction of sp³-hybridized carbons (Fsp3) is 1.00. The van der Waals surface area contributed by atoms with Crippen LogP contribution in [0.3, 0.4) is 0 Å². The van der Waals surface area contributed by atoms with Crippen molar-refractivity contribution in [3.8, 4) is 0 Å². The molecule has 0 amide bonds. The average molecular weight is 340 g/mol. The van der Waals surface area contributed by atoms with E-state index in [1.165, 1.54) is 0 Å². The molecule has 0 aromatic rings. The van der Waals surface area contributed by atoms with Gasteiger partial charge in [0.2, 0.25) is 0 Å². The Balaban J connectivity index is 2.80. The topological polar surface area (TPSA) is 203 Å². The second-order valence-electron chi connectivity index (χ2n) is 3.84. The molecule has 0 bridgehead atoms. The monoisotopic (exact) mass is 340 g/mol. The van der Waals surface area contributed by atoms with Crippen LogP contribution in [0.4, 0.5) is 0 Å². The third-order valence-corrected chi connectivity index (χ3v) is 4.45. The van der Waals surface area contributed by atoms with Crippen molar-refractivity contribution in [1.82, 2.24) is 0 Å². The summed E-state index contributed by atoms with van der Waals surface area (Å²) in [6.45, 7) is -0.820. The van der Waals surface area contributed by atoms with Gasteiger partial charge in [-0.1, -0.05) is 0 Å². The number of phosphoric ester groups is 1. The van der Waals surface area contributed by atoms with Crippen LogP contribution in [0.1, 0.15) is 0 Å². The lowest BCUT2D eigenvalue weighted by atomic mass is 10.00. The molecule has 20 heavy (non-hydrogen) atoms. The Morgan fingerprint density at radius 1 is 1.00 bits per heavy atom. The molecule has 0 aliphatic carbocycles. The molecule has 1 unspecified atom stereocenters. The van der Waals surface area contributed by atoms with Gasteiger partial charge in [0.15, 0.2) is 6.29 Å². The Morgan fingerprint density at radius 3 is 2.00 bits per heavy atom. The van der Waals surface area contributed by atoms with Gasteiger partial charge in [-0.2, -0.15) is 4.31 Å². The number of aliphatic hydroxyl groups excluding tert-OH is 4. The second kappa shape index (κ2) is 6.44. The lowest BCUT2D eigenvalue weighted by Crippen LogP contribution is -2.58. The van der Waals surface area contributed by atoms with E-state index in [0.717, 1.165) is 0 Å². The first-order valence-electron chi connectivity index (χ1n) is 5.05. The summed E-state index contributed by atoms with van der Waals surface area (Å²) in [6, 6.07) is 0. The average Bonchev–Trinajstić information content (AvgIpc) is 2.26. The number of phosphoric acid groups is 2. The van der Waals surface area contributed by atoms with Gasteiger partial charge in [-0.25, -0.2) is 9.13 Å². The molecule has 1 aliphatic heterocycles. The van der Waals surface area contributed by atoms with E-state index in [0.29, 0.717) is 0 Å². The quantitative estimate of drug-likeness (QED) is 0.250. The summed E-state index contributed by atoms with van der Waals surface area (Å²) >= 11 is 0. The highest BCUT2D eigenvalue weighted by Gasteiger charge is 2.47. The van der Waals surface area contributed by atoms with Gasteiger partial charge in [0, 0.05) is 0 Å². The Bertz CT molecular complexity index is 418. The zero-order chi connectivity index (χ0) is 15.7. The third-order valence-electron chi connectivity index (χ3n) is 2.30. The second-order valence-corrected chi connectivity index (χ2v) is 6.63. The minimum Gasteiger partial charge on any atom is -0.394 e. The minimum absolute atomic E-state index is 0.820. The van der Waals surface area contributed by atoms with Crippen molar-refractivity contribution in [3.05, 3.63) is 0 Å². The summed E-state index contributed by atoms with van der Waals surface area (Å²) in [5.41, 5.74) is 0. The van der Waals surface area contributed by atoms with Crippen LogP contribution in [0.15, 0.2) is 0 Å². The predicted molar refractivity (Wildman–Crippen MR) is 57.8 cm³/mol. The summed E-state index contributed by atoms with van der Waals surface area (Å²) in [7, 11) is -10.7. The number of aliphatic hydroxyl groups is 4. The largest absolute Gasteiger partial charge is 0.483 e. The smallest absolute Gasteiger partial charge is 0.394 e. The molecule has 7 N–H and O–H groups in total. The molecule has 1 rings (SSSR count). The van der Waals surface area contributed by atoms with E-state index in [1.807, 2.05) is 0 Å². The van der Waals surface area contributed by atoms with Crippen LogP contribution in [-0.2, 0) is 22.7 Å². The van der Waals surface area contributed by atoms with Gasteiger partial charge in [0.1, 0.15) is 24.4 Å². The highest BCUT2D eigenvalue weighted by atomic mass is 31.3. The van der Waals surface area contributed by atoms with E-state index < -0.39 is 53.0 Å². The molecule has 0 saturated carbocycles. The summed E-state index contributed by atoms with van der Waals surface area (Å²) < 4.78 is 34.0. The molecule has 6 atom stereocenters. The van der Waals surface area contributed by atoms with Crippen molar-refractivity contribution in [1.29, 1.82) is 0 Å². The van der Waals surface area contributed by atoms with E-state index in [9.17, 15) is 24.4 Å². The fourth-order valence-corrected chi connectivity index (χ4v) is 3.11. The molecule has 120 valence electrons. The van der Waals surface area contributed by atoms with Crippen LogP contribution in [-0.4, -0.2) is 72.4 Å². The zero-order valence-electron chi connectivity index (χ0n) is 9.66. The van der Waals surface area contributed by atoms with Crippen LogP contribution in [0.25, 0.3) is 0 Å². The lowest BCUT2D eigenvalue weighted by Gasteiger charge is -2.39. The maximum Gasteiger partial charge on any atom is 0.483 e. The maximum atomic E-state index is 11.2. The summed E-state index contributed by atoms with van der Waals surface area (Å²) in [6.07, 6.45) is -9.12. The molecule has 14 heteroatoms. The number of hydrogen-bond donors (Lipinski definition) is 7. The molecule has 0 aromatic carbocycles. The van der Waals surface area contributed by atoms with E-state index in [2.05, 4.69) is 13.6 Å². The van der Waals surface area contributed by atoms with Crippen LogP contribution >= 0.6 is 15.6 Å². The number of rotatable bonds is 5. The van der Waals surface area contributed by atoms with Gasteiger partial charge in [-0.15, -0.1) is 0 Å². The summed E-state index contributed by atoms with van der Waals surface area (Å²) in [4.78, 5) is 25.8. The highest BCUT2D eigenvalue weighted by molar-refractivity contribution is 7.60. The molecular formula is C6H14O12P2. The third kappa shape index (κ3) is 4.81. The van der Waals surface area contributed by atoms with Gasteiger partial charge in [-0.3, -0.25) is 4.52 Å². The van der Waals surface area contributed by atoms with Crippen molar-refractivity contribution >= 4 is 15.6 Å². The minimum atomic E-state index is -5.36. The lowest BCUT2D eigenvalue weighted by molar-refractivity contribution is -0.280. The first-order valence-corrected chi connectivity index (χ1v) is 8.08. The fourth-order valence-electron chi connectivity index (χ4n) is 1.44. The zero-order valence-corrected chi connectivity index (χ0v) is 11.4. The summed E-state index contributed by atoms with van der Waals surface area (Å²) in [5.74, 6) is 0. The van der Waals surface area contributed by atoms with Crippen molar-refractivity contribution in [2.75, 3.05) is 6.61 Å². The van der Waals surface area contributed by atoms with Gasteiger partial charge >= 0.3 is 15.6 Å². The predicted octanol–water partition coefficient (Wildman–Crippen LogP) is -2.99. The molecule has 0 radical (unpaired) electrons. The first-order chi connectivity index (χ1) is 8.97. The van der Waals surface area contributed by atoms with E-state index in [4.69, 9.17) is 19.8 Å². The molecule has 0 spiro atoms. The molecule has 1 saturated heterocycles. The van der Waals surface area contributed by atoms with E-state index >= 15 is 0 Å². The number of hydrogen-bond acceptors (Lipinski definition) is 9. The van der Waals surface area contributed by atoms with Gasteiger partial charge < -0.3 is 39.8 Å². The van der Waals surface area contributed by atoms with Gasteiger partial charge in [0.25, 0.3) is 0 Å². The van der Waals surface area contributed by atoms with Crippen LogP contribution in [0.2, 0.25) is 0 Å². The van der Waals surface area contributed by atoms with Crippen LogP contribution in [0.5, 0.6) is 0 Å². The molecule has 0 aromatic heterocycles. The Kier molecular flexibility index (Phi) is 5.83. The van der Waals surface area contributed by atoms with Crippen molar-refractivity contribution in [2.24, 2.45) is 0 Å². The Morgan fingerprint density at radius 2 is 1.55 bits per heavy atom. The van der Waals surface area contributed by atoms with Crippen molar-refractivity contribution < 1.29 is 57.8 Å². The van der Waals surface area contributed by atoms with Gasteiger partial charge in [-0.05, 0) is 0 Å². The standard InChI is InChI=1S/C6H14O12P2/c7-1-2-3(8)4(9)5(10)6(16-2)17-20(14,15)18-19(11,12)13/h2-10H,1H2,(H,14,15)(H2,11,12,13)/t2-,3-,4+,5+,6-/m1/s1. The molecule has 1 fully saturated rings.